The zero-order valence-electron chi connectivity index (χ0n) is 14.7. The Kier molecular flexibility index (Phi) is 4.53. The van der Waals surface area contributed by atoms with Crippen molar-refractivity contribution in [3.63, 3.8) is 0 Å². The van der Waals surface area contributed by atoms with Gasteiger partial charge in [-0.2, -0.15) is 0 Å². The fraction of sp³-hybridized carbons (Fsp3) is 0.350. The standard InChI is InChI=1S/C20H23N3O3/c1-13(20(24)22-15-7-8-18-19(9-15)26-12-25-18)23-10-16(17(21)11-23)14-5-3-2-4-6-14/h2-9,13,16-17H,10-12,21H2,1H3,(H,22,24)/t13?,16-,17+/m0/s1. The van der Waals surface area contributed by atoms with Gasteiger partial charge in [-0.05, 0) is 24.6 Å². The highest BCUT2D eigenvalue weighted by atomic mass is 16.7. The molecule has 6 heteroatoms. The van der Waals surface area contributed by atoms with Gasteiger partial charge in [0.15, 0.2) is 11.5 Å². The summed E-state index contributed by atoms with van der Waals surface area (Å²) in [6, 6.07) is 15.4. The van der Waals surface area contributed by atoms with E-state index in [0.717, 1.165) is 6.54 Å². The molecule has 0 aromatic heterocycles. The van der Waals surface area contributed by atoms with Crippen LogP contribution >= 0.6 is 0 Å². The van der Waals surface area contributed by atoms with Crippen LogP contribution in [0.5, 0.6) is 11.5 Å². The lowest BCUT2D eigenvalue weighted by atomic mass is 9.95. The second-order valence-electron chi connectivity index (χ2n) is 6.87. The minimum absolute atomic E-state index is 0.0261. The van der Waals surface area contributed by atoms with Crippen LogP contribution < -0.4 is 20.5 Å². The van der Waals surface area contributed by atoms with Crippen LogP contribution in [0, 0.1) is 0 Å². The zero-order valence-corrected chi connectivity index (χ0v) is 14.7. The Morgan fingerprint density at radius 1 is 1.15 bits per heavy atom. The number of benzene rings is 2. The molecule has 0 aliphatic carbocycles. The molecule has 1 amide bonds. The predicted octanol–water partition coefficient (Wildman–Crippen LogP) is 2.17. The summed E-state index contributed by atoms with van der Waals surface area (Å²) in [5.41, 5.74) is 8.28. The third kappa shape index (κ3) is 3.25. The molecule has 1 fully saturated rings. The second-order valence-corrected chi connectivity index (χ2v) is 6.87. The van der Waals surface area contributed by atoms with Gasteiger partial charge < -0.3 is 20.5 Å². The van der Waals surface area contributed by atoms with Gasteiger partial charge in [0.25, 0.3) is 0 Å². The maximum Gasteiger partial charge on any atom is 0.241 e. The van der Waals surface area contributed by atoms with Crippen molar-refractivity contribution in [1.29, 1.82) is 0 Å². The monoisotopic (exact) mass is 353 g/mol. The van der Waals surface area contributed by atoms with E-state index in [1.165, 1.54) is 5.56 Å². The van der Waals surface area contributed by atoms with Gasteiger partial charge >= 0.3 is 0 Å². The molecule has 136 valence electrons. The van der Waals surface area contributed by atoms with Crippen molar-refractivity contribution in [3.05, 3.63) is 54.1 Å². The van der Waals surface area contributed by atoms with Crippen LogP contribution in [-0.4, -0.2) is 42.8 Å². The number of nitrogens with two attached hydrogens (primary N) is 1. The quantitative estimate of drug-likeness (QED) is 0.881. The van der Waals surface area contributed by atoms with Crippen LogP contribution in [0.15, 0.2) is 48.5 Å². The van der Waals surface area contributed by atoms with E-state index >= 15 is 0 Å². The zero-order chi connectivity index (χ0) is 18.1. The highest BCUT2D eigenvalue weighted by Crippen LogP contribution is 2.34. The number of anilines is 1. The maximum absolute atomic E-state index is 12.7. The fourth-order valence-electron chi connectivity index (χ4n) is 3.62. The van der Waals surface area contributed by atoms with Crippen molar-refractivity contribution in [2.75, 3.05) is 25.2 Å². The smallest absolute Gasteiger partial charge is 0.241 e. The minimum atomic E-state index is -0.264. The lowest BCUT2D eigenvalue weighted by molar-refractivity contribution is -0.120. The molecule has 2 aliphatic heterocycles. The molecule has 26 heavy (non-hydrogen) atoms. The lowest BCUT2D eigenvalue weighted by Gasteiger charge is -2.23. The number of fused-ring (bicyclic) bond motifs is 1. The van der Waals surface area contributed by atoms with E-state index in [4.69, 9.17) is 15.2 Å². The summed E-state index contributed by atoms with van der Waals surface area (Å²) in [6.07, 6.45) is 0. The Labute approximate surface area is 152 Å². The van der Waals surface area contributed by atoms with Gasteiger partial charge in [-0.15, -0.1) is 0 Å². The largest absolute Gasteiger partial charge is 0.454 e. The molecule has 0 radical (unpaired) electrons. The van der Waals surface area contributed by atoms with Crippen LogP contribution in [0.2, 0.25) is 0 Å². The molecule has 6 nitrogen and oxygen atoms in total. The molecule has 3 atom stereocenters. The van der Waals surface area contributed by atoms with E-state index in [1.807, 2.05) is 31.2 Å². The van der Waals surface area contributed by atoms with Crippen molar-refractivity contribution in [2.24, 2.45) is 5.73 Å². The van der Waals surface area contributed by atoms with Crippen molar-refractivity contribution < 1.29 is 14.3 Å². The first-order chi connectivity index (χ1) is 12.6. The van der Waals surface area contributed by atoms with E-state index in [0.29, 0.717) is 23.7 Å². The number of carbonyl (C=O) groups is 1. The first kappa shape index (κ1) is 16.9. The molecule has 2 aliphatic rings. The Morgan fingerprint density at radius 2 is 1.92 bits per heavy atom. The molecule has 2 aromatic carbocycles. The molecule has 0 bridgehead atoms. The third-order valence-corrected chi connectivity index (χ3v) is 5.19. The summed E-state index contributed by atoms with van der Waals surface area (Å²) < 4.78 is 10.7. The number of hydrogen-bond donors (Lipinski definition) is 2. The minimum Gasteiger partial charge on any atom is -0.454 e. The van der Waals surface area contributed by atoms with E-state index < -0.39 is 0 Å². The molecule has 2 aromatic rings. The van der Waals surface area contributed by atoms with Gasteiger partial charge in [-0.25, -0.2) is 0 Å². The molecular weight excluding hydrogens is 330 g/mol. The van der Waals surface area contributed by atoms with Gasteiger partial charge in [0.2, 0.25) is 12.7 Å². The molecule has 1 saturated heterocycles. The van der Waals surface area contributed by atoms with Crippen LogP contribution in [0.4, 0.5) is 5.69 Å². The maximum atomic E-state index is 12.7. The normalized spacial score (nSPS) is 23.0. The first-order valence-electron chi connectivity index (χ1n) is 8.87. The van der Waals surface area contributed by atoms with Crippen molar-refractivity contribution in [2.45, 2.75) is 24.9 Å². The summed E-state index contributed by atoms with van der Waals surface area (Å²) in [7, 11) is 0. The Hall–Kier alpha value is -2.57. The van der Waals surface area contributed by atoms with Gasteiger partial charge in [-0.1, -0.05) is 30.3 Å². The number of likely N-dealkylation sites (tertiary alicyclic amines) is 1. The summed E-state index contributed by atoms with van der Waals surface area (Å²) in [6.45, 7) is 3.62. The van der Waals surface area contributed by atoms with E-state index in [1.54, 1.807) is 12.1 Å². The number of nitrogens with one attached hydrogen (secondary N) is 1. The molecule has 3 N–H and O–H groups in total. The van der Waals surface area contributed by atoms with E-state index in [-0.39, 0.29) is 30.7 Å². The summed E-state index contributed by atoms with van der Waals surface area (Å²) in [4.78, 5) is 14.8. The Balaban J connectivity index is 1.41. The number of hydrogen-bond acceptors (Lipinski definition) is 5. The lowest BCUT2D eigenvalue weighted by Crippen LogP contribution is -2.41. The molecule has 0 spiro atoms. The molecule has 4 rings (SSSR count). The predicted molar refractivity (Wildman–Crippen MR) is 99.4 cm³/mol. The van der Waals surface area contributed by atoms with Crippen LogP contribution in [-0.2, 0) is 4.79 Å². The number of ether oxygens (including phenoxy) is 2. The third-order valence-electron chi connectivity index (χ3n) is 5.19. The van der Waals surface area contributed by atoms with Gasteiger partial charge in [0.1, 0.15) is 0 Å². The number of rotatable bonds is 4. The van der Waals surface area contributed by atoms with E-state index in [2.05, 4.69) is 22.3 Å². The molecule has 1 unspecified atom stereocenters. The fourth-order valence-corrected chi connectivity index (χ4v) is 3.62. The van der Waals surface area contributed by atoms with Gasteiger partial charge in [-0.3, -0.25) is 9.69 Å². The number of amides is 1. The highest BCUT2D eigenvalue weighted by molar-refractivity contribution is 5.94. The topological polar surface area (TPSA) is 76.8 Å². The van der Waals surface area contributed by atoms with Crippen LogP contribution in [0.25, 0.3) is 0 Å². The molecule has 0 saturated carbocycles. The summed E-state index contributed by atoms with van der Waals surface area (Å²) >= 11 is 0. The summed E-state index contributed by atoms with van der Waals surface area (Å²) in [5, 5.41) is 2.96. The van der Waals surface area contributed by atoms with Crippen LogP contribution in [0.3, 0.4) is 0 Å². The van der Waals surface area contributed by atoms with Gasteiger partial charge in [0.05, 0.1) is 6.04 Å². The number of nitrogens with zero attached hydrogens (tertiary/aromatic N) is 1. The Bertz CT molecular complexity index is 796. The first-order valence-corrected chi connectivity index (χ1v) is 8.87. The van der Waals surface area contributed by atoms with Gasteiger partial charge in [0, 0.05) is 36.8 Å². The summed E-state index contributed by atoms with van der Waals surface area (Å²) in [5.74, 6) is 1.55. The molecule has 2 heterocycles. The Morgan fingerprint density at radius 3 is 2.73 bits per heavy atom. The second kappa shape index (κ2) is 6.97. The SMILES string of the molecule is CC(C(=O)Nc1ccc2c(c1)OCO2)N1C[C@@H](N)[C@H](c2ccccc2)C1. The van der Waals surface area contributed by atoms with Crippen molar-refractivity contribution in [1.82, 2.24) is 4.90 Å². The average molecular weight is 353 g/mol. The highest BCUT2D eigenvalue weighted by Gasteiger charge is 2.35. The number of carbonyl (C=O) groups excluding carboxylic acids is 1. The van der Waals surface area contributed by atoms with E-state index in [9.17, 15) is 4.79 Å². The molecular formula is C20H23N3O3. The average Bonchev–Trinajstić information content (AvgIpc) is 3.27. The van der Waals surface area contributed by atoms with Crippen molar-refractivity contribution in [3.8, 4) is 11.5 Å². The van der Waals surface area contributed by atoms with Crippen molar-refractivity contribution >= 4 is 11.6 Å². The van der Waals surface area contributed by atoms with Crippen LogP contribution in [0.1, 0.15) is 18.4 Å².